The maximum absolute atomic E-state index is 11.5. The molecule has 0 aliphatic rings. The predicted octanol–water partition coefficient (Wildman–Crippen LogP) is 3.20. The minimum Gasteiger partial charge on any atom is -0.434 e. The Kier molecular flexibility index (Phi) is 5.22. The molecule has 2 rings (SSSR count). The fourth-order valence-electron chi connectivity index (χ4n) is 2.21. The molecule has 0 amide bonds. The van der Waals surface area contributed by atoms with Crippen molar-refractivity contribution >= 4 is 17.1 Å². The van der Waals surface area contributed by atoms with Crippen molar-refractivity contribution < 1.29 is 14.3 Å². The van der Waals surface area contributed by atoms with E-state index in [1.807, 2.05) is 18.3 Å². The van der Waals surface area contributed by atoms with Crippen molar-refractivity contribution in [2.75, 3.05) is 26.7 Å². The standard InChI is InChI=1S/C16H22N2O3/c1-4-18(3)10-9-12-11-17-13-7-6-8-14(15(12)13)21-16(19)20-5-2/h6-8,11,17H,4-5,9-10H2,1-3H3. The summed E-state index contributed by atoms with van der Waals surface area (Å²) in [4.78, 5) is 17.0. The van der Waals surface area contributed by atoms with Gasteiger partial charge in [0, 0.05) is 23.6 Å². The van der Waals surface area contributed by atoms with Gasteiger partial charge in [0.25, 0.3) is 0 Å². The smallest absolute Gasteiger partial charge is 0.434 e. The zero-order valence-corrected chi connectivity index (χ0v) is 12.8. The Morgan fingerprint density at radius 2 is 2.14 bits per heavy atom. The molecular weight excluding hydrogens is 268 g/mol. The maximum Gasteiger partial charge on any atom is 0.513 e. The summed E-state index contributed by atoms with van der Waals surface area (Å²) in [5.74, 6) is 0.543. The number of hydrogen-bond donors (Lipinski definition) is 1. The topological polar surface area (TPSA) is 54.6 Å². The SMILES string of the molecule is CCOC(=O)Oc1cccc2[nH]cc(CCN(C)CC)c12. The predicted molar refractivity (Wildman–Crippen MR) is 82.8 cm³/mol. The number of aromatic nitrogens is 1. The van der Waals surface area contributed by atoms with Crippen molar-refractivity contribution in [1.29, 1.82) is 0 Å². The molecule has 0 saturated carbocycles. The summed E-state index contributed by atoms with van der Waals surface area (Å²) in [6, 6.07) is 5.62. The van der Waals surface area contributed by atoms with Gasteiger partial charge in [-0.1, -0.05) is 13.0 Å². The fraction of sp³-hybridized carbons (Fsp3) is 0.438. The number of hydrogen-bond acceptors (Lipinski definition) is 4. The Hall–Kier alpha value is -2.01. The van der Waals surface area contributed by atoms with Gasteiger partial charge in [0.1, 0.15) is 5.75 Å². The first-order valence-electron chi connectivity index (χ1n) is 7.27. The number of fused-ring (bicyclic) bond motifs is 1. The second kappa shape index (κ2) is 7.13. The molecule has 0 saturated heterocycles. The van der Waals surface area contributed by atoms with E-state index in [9.17, 15) is 4.79 Å². The van der Waals surface area contributed by atoms with Crippen molar-refractivity contribution in [1.82, 2.24) is 9.88 Å². The molecule has 1 aromatic heterocycles. The van der Waals surface area contributed by atoms with Crippen LogP contribution in [0.5, 0.6) is 5.75 Å². The molecule has 1 N–H and O–H groups in total. The van der Waals surface area contributed by atoms with Crippen molar-refractivity contribution in [2.24, 2.45) is 0 Å². The van der Waals surface area contributed by atoms with Crippen LogP contribution in [-0.2, 0) is 11.2 Å². The summed E-state index contributed by atoms with van der Waals surface area (Å²) in [6.45, 7) is 6.15. The number of ether oxygens (including phenoxy) is 2. The van der Waals surface area contributed by atoms with Crippen LogP contribution in [0.1, 0.15) is 19.4 Å². The average Bonchev–Trinajstić information content (AvgIpc) is 2.89. The Labute approximate surface area is 124 Å². The molecule has 0 fully saturated rings. The van der Waals surface area contributed by atoms with Gasteiger partial charge in [-0.2, -0.15) is 0 Å². The quantitative estimate of drug-likeness (QED) is 0.655. The van der Waals surface area contributed by atoms with Gasteiger partial charge in [0.2, 0.25) is 0 Å². The Morgan fingerprint density at radius 1 is 1.33 bits per heavy atom. The summed E-state index contributed by atoms with van der Waals surface area (Å²) in [7, 11) is 2.09. The van der Waals surface area contributed by atoms with E-state index in [0.717, 1.165) is 36.0 Å². The molecule has 5 heteroatoms. The Balaban J connectivity index is 2.24. The molecule has 0 unspecified atom stereocenters. The Morgan fingerprint density at radius 3 is 2.86 bits per heavy atom. The number of carbonyl (C=O) groups excluding carboxylic acids is 1. The van der Waals surface area contributed by atoms with Gasteiger partial charge in [-0.15, -0.1) is 0 Å². The zero-order chi connectivity index (χ0) is 15.2. The molecule has 2 aromatic rings. The maximum atomic E-state index is 11.5. The molecule has 114 valence electrons. The van der Waals surface area contributed by atoms with Crippen molar-refractivity contribution in [3.63, 3.8) is 0 Å². The van der Waals surface area contributed by atoms with Crippen LogP contribution in [0.25, 0.3) is 10.9 Å². The summed E-state index contributed by atoms with van der Waals surface area (Å²) >= 11 is 0. The fourth-order valence-corrected chi connectivity index (χ4v) is 2.21. The van der Waals surface area contributed by atoms with E-state index in [1.165, 1.54) is 0 Å². The molecule has 5 nitrogen and oxygen atoms in total. The van der Waals surface area contributed by atoms with Crippen LogP contribution in [0.3, 0.4) is 0 Å². The number of benzene rings is 1. The van der Waals surface area contributed by atoms with Crippen molar-refractivity contribution in [3.05, 3.63) is 30.0 Å². The number of rotatable bonds is 6. The largest absolute Gasteiger partial charge is 0.513 e. The third-order valence-electron chi connectivity index (χ3n) is 3.51. The number of carbonyl (C=O) groups is 1. The normalized spacial score (nSPS) is 11.0. The van der Waals surface area contributed by atoms with Crippen molar-refractivity contribution in [3.8, 4) is 5.75 Å². The third kappa shape index (κ3) is 3.76. The van der Waals surface area contributed by atoms with Gasteiger partial charge in [-0.05, 0) is 44.6 Å². The lowest BCUT2D eigenvalue weighted by Crippen LogP contribution is -2.20. The second-order valence-electron chi connectivity index (χ2n) is 4.92. The molecule has 0 spiro atoms. The van der Waals surface area contributed by atoms with Gasteiger partial charge in [-0.3, -0.25) is 0 Å². The van der Waals surface area contributed by atoms with Crippen LogP contribution in [0.15, 0.2) is 24.4 Å². The molecule has 21 heavy (non-hydrogen) atoms. The Bertz CT molecular complexity index is 607. The van der Waals surface area contributed by atoms with Gasteiger partial charge in [-0.25, -0.2) is 4.79 Å². The highest BCUT2D eigenvalue weighted by molar-refractivity contribution is 5.90. The highest BCUT2D eigenvalue weighted by atomic mass is 16.7. The molecule has 0 radical (unpaired) electrons. The lowest BCUT2D eigenvalue weighted by molar-refractivity contribution is 0.105. The van der Waals surface area contributed by atoms with E-state index in [2.05, 4.69) is 23.9 Å². The summed E-state index contributed by atoms with van der Waals surface area (Å²) in [5.41, 5.74) is 2.11. The second-order valence-corrected chi connectivity index (χ2v) is 4.92. The van der Waals surface area contributed by atoms with Gasteiger partial charge in [0.05, 0.1) is 6.61 Å². The summed E-state index contributed by atoms with van der Waals surface area (Å²) in [5, 5.41) is 0.954. The minimum absolute atomic E-state index is 0.302. The van der Waals surface area contributed by atoms with Crippen LogP contribution in [0.2, 0.25) is 0 Å². The van der Waals surface area contributed by atoms with Gasteiger partial charge >= 0.3 is 6.16 Å². The average molecular weight is 290 g/mol. The lowest BCUT2D eigenvalue weighted by Gasteiger charge is -2.13. The first kappa shape index (κ1) is 15.4. The molecule has 0 atom stereocenters. The number of aromatic amines is 1. The molecule has 1 heterocycles. The molecular formula is C16H22N2O3. The lowest BCUT2D eigenvalue weighted by atomic mass is 10.1. The van der Waals surface area contributed by atoms with E-state index in [1.54, 1.807) is 13.0 Å². The zero-order valence-electron chi connectivity index (χ0n) is 12.8. The van der Waals surface area contributed by atoms with E-state index >= 15 is 0 Å². The van der Waals surface area contributed by atoms with Crippen LogP contribution in [0, 0.1) is 0 Å². The van der Waals surface area contributed by atoms with E-state index < -0.39 is 6.16 Å². The number of nitrogens with one attached hydrogen (secondary N) is 1. The number of nitrogens with zero attached hydrogens (tertiary/aromatic N) is 1. The number of H-pyrrole nitrogens is 1. The highest BCUT2D eigenvalue weighted by Crippen LogP contribution is 2.29. The molecule has 0 bridgehead atoms. The van der Waals surface area contributed by atoms with E-state index in [0.29, 0.717) is 12.4 Å². The third-order valence-corrected chi connectivity index (χ3v) is 3.51. The van der Waals surface area contributed by atoms with Crippen LogP contribution in [-0.4, -0.2) is 42.8 Å². The summed E-state index contributed by atoms with van der Waals surface area (Å²) in [6.07, 6.45) is 2.21. The highest BCUT2D eigenvalue weighted by Gasteiger charge is 2.13. The van der Waals surface area contributed by atoms with Crippen molar-refractivity contribution in [2.45, 2.75) is 20.3 Å². The molecule has 1 aromatic carbocycles. The first-order chi connectivity index (χ1) is 10.2. The minimum atomic E-state index is -0.664. The van der Waals surface area contributed by atoms with Crippen LogP contribution < -0.4 is 4.74 Å². The van der Waals surface area contributed by atoms with Gasteiger partial charge in [0.15, 0.2) is 0 Å². The van der Waals surface area contributed by atoms with Gasteiger partial charge < -0.3 is 19.4 Å². The summed E-state index contributed by atoms with van der Waals surface area (Å²) < 4.78 is 10.2. The molecule has 0 aliphatic carbocycles. The molecule has 0 aliphatic heterocycles. The van der Waals surface area contributed by atoms with Crippen LogP contribution >= 0.6 is 0 Å². The van der Waals surface area contributed by atoms with Crippen LogP contribution in [0.4, 0.5) is 4.79 Å². The van der Waals surface area contributed by atoms with E-state index in [4.69, 9.17) is 9.47 Å². The monoisotopic (exact) mass is 290 g/mol. The number of likely N-dealkylation sites (N-methyl/N-ethyl adjacent to an activating group) is 1. The van der Waals surface area contributed by atoms with E-state index in [-0.39, 0.29) is 0 Å². The first-order valence-corrected chi connectivity index (χ1v) is 7.27.